The van der Waals surface area contributed by atoms with Gasteiger partial charge in [0, 0.05) is 16.5 Å². The molecule has 0 aliphatic rings. The largest absolute Gasteiger partial charge is 0.340 e. The molecule has 1 unspecified atom stereocenters. The molecule has 174 valence electrons. The van der Waals surface area contributed by atoms with Crippen LogP contribution in [-0.2, 0) is 10.2 Å². The molecular formula is C25H27F2N3O2S. The van der Waals surface area contributed by atoms with Gasteiger partial charge < -0.3 is 10.6 Å². The number of hydrogen-bond donors (Lipinski definition) is 2. The molecule has 3 rings (SSSR count). The lowest BCUT2D eigenvalue weighted by atomic mass is 9.86. The molecule has 5 nitrogen and oxygen atoms in total. The van der Waals surface area contributed by atoms with Crippen LogP contribution in [-0.4, -0.2) is 22.8 Å². The first kappa shape index (κ1) is 24.5. The van der Waals surface area contributed by atoms with Crippen molar-refractivity contribution in [3.05, 3.63) is 70.6 Å². The molecule has 0 bridgehead atoms. The fraction of sp³-hybridized carbons (Fsp3) is 0.320. The van der Waals surface area contributed by atoms with Crippen LogP contribution < -0.4 is 10.6 Å². The highest BCUT2D eigenvalue weighted by Crippen LogP contribution is 2.28. The summed E-state index contributed by atoms with van der Waals surface area (Å²) in [6, 6.07) is 9.60. The number of amides is 2. The van der Waals surface area contributed by atoms with E-state index in [4.69, 9.17) is 0 Å². The van der Waals surface area contributed by atoms with E-state index in [2.05, 4.69) is 36.4 Å². The van der Waals surface area contributed by atoms with E-state index in [0.717, 1.165) is 35.1 Å². The van der Waals surface area contributed by atoms with Gasteiger partial charge in [0.1, 0.15) is 17.7 Å². The monoisotopic (exact) mass is 471 g/mol. The van der Waals surface area contributed by atoms with Crippen molar-refractivity contribution in [3.8, 4) is 11.3 Å². The summed E-state index contributed by atoms with van der Waals surface area (Å²) in [6.45, 7) is 9.92. The number of aromatic nitrogens is 1. The molecule has 0 radical (unpaired) electrons. The maximum atomic E-state index is 14.0. The number of anilines is 1. The zero-order chi connectivity index (χ0) is 24.3. The van der Waals surface area contributed by atoms with Crippen molar-refractivity contribution in [2.45, 2.75) is 46.1 Å². The minimum Gasteiger partial charge on any atom is -0.340 e. The maximum absolute atomic E-state index is 14.0. The first-order valence-electron chi connectivity index (χ1n) is 10.6. The topological polar surface area (TPSA) is 71.1 Å². The van der Waals surface area contributed by atoms with Crippen LogP contribution >= 0.6 is 11.3 Å². The van der Waals surface area contributed by atoms with E-state index in [1.807, 2.05) is 26.0 Å². The number of benzene rings is 2. The molecule has 0 aliphatic heterocycles. The molecule has 0 aliphatic carbocycles. The van der Waals surface area contributed by atoms with Gasteiger partial charge in [0.05, 0.1) is 5.69 Å². The van der Waals surface area contributed by atoms with E-state index in [1.165, 1.54) is 5.38 Å². The zero-order valence-corrected chi connectivity index (χ0v) is 20.0. The van der Waals surface area contributed by atoms with E-state index < -0.39 is 23.6 Å². The Kier molecular flexibility index (Phi) is 7.27. The first-order valence-corrected chi connectivity index (χ1v) is 11.5. The lowest BCUT2D eigenvalue weighted by molar-refractivity contribution is -0.118. The number of carbonyl (C=O) groups excluding carboxylic acids is 2. The Balaban J connectivity index is 1.71. The lowest BCUT2D eigenvalue weighted by Gasteiger charge is -2.22. The van der Waals surface area contributed by atoms with Gasteiger partial charge in [0.25, 0.3) is 5.91 Å². The molecule has 1 aromatic heterocycles. The van der Waals surface area contributed by atoms with Gasteiger partial charge in [-0.05, 0) is 47.2 Å². The molecular weight excluding hydrogens is 444 g/mol. The standard InChI is InChI=1S/C25H27F2N3O2S/c1-14(2)21(29-22(31)15-6-8-16(9-7-15)25(3,4)5)23(32)30-24-28-20(13-33-24)18-12-17(26)10-11-19(18)27/h6-14,21H,1-5H3,(H,29,31)(H,28,30,32). The Bertz CT molecular complexity index is 1150. The Morgan fingerprint density at radius 3 is 2.30 bits per heavy atom. The molecule has 8 heteroatoms. The van der Waals surface area contributed by atoms with Crippen molar-refractivity contribution >= 4 is 28.3 Å². The predicted molar refractivity (Wildman–Crippen MR) is 127 cm³/mol. The minimum atomic E-state index is -0.807. The van der Waals surface area contributed by atoms with Crippen molar-refractivity contribution in [1.29, 1.82) is 0 Å². The molecule has 3 aromatic rings. The highest BCUT2D eigenvalue weighted by molar-refractivity contribution is 7.14. The van der Waals surface area contributed by atoms with Crippen molar-refractivity contribution < 1.29 is 18.4 Å². The quantitative estimate of drug-likeness (QED) is 0.479. The summed E-state index contributed by atoms with van der Waals surface area (Å²) in [5, 5.41) is 7.22. The van der Waals surface area contributed by atoms with Crippen LogP contribution in [0.15, 0.2) is 47.8 Å². The third-order valence-corrected chi connectivity index (χ3v) is 5.95. The second kappa shape index (κ2) is 9.79. The van der Waals surface area contributed by atoms with Crippen LogP contribution in [0.4, 0.5) is 13.9 Å². The van der Waals surface area contributed by atoms with Crippen LogP contribution in [0, 0.1) is 17.6 Å². The van der Waals surface area contributed by atoms with Gasteiger partial charge in [-0.3, -0.25) is 9.59 Å². The van der Waals surface area contributed by atoms with Crippen LogP contribution in [0.25, 0.3) is 11.3 Å². The molecule has 1 atom stereocenters. The Morgan fingerprint density at radius 1 is 1.03 bits per heavy atom. The molecule has 2 N–H and O–H groups in total. The smallest absolute Gasteiger partial charge is 0.251 e. The van der Waals surface area contributed by atoms with Gasteiger partial charge in [-0.2, -0.15) is 0 Å². The fourth-order valence-corrected chi connectivity index (χ4v) is 3.93. The van der Waals surface area contributed by atoms with E-state index in [1.54, 1.807) is 12.1 Å². The lowest BCUT2D eigenvalue weighted by Crippen LogP contribution is -2.47. The maximum Gasteiger partial charge on any atom is 0.251 e. The number of hydrogen-bond acceptors (Lipinski definition) is 4. The number of rotatable bonds is 6. The SMILES string of the molecule is CC(C)C(NC(=O)c1ccc(C(C)(C)C)cc1)C(=O)Nc1nc(-c2cc(F)ccc2F)cs1. The van der Waals surface area contributed by atoms with Crippen LogP contribution in [0.1, 0.15) is 50.5 Å². The molecule has 0 fully saturated rings. The molecule has 1 heterocycles. The second-order valence-electron chi connectivity index (χ2n) is 9.17. The summed E-state index contributed by atoms with van der Waals surface area (Å²) in [4.78, 5) is 29.8. The average molecular weight is 472 g/mol. The zero-order valence-electron chi connectivity index (χ0n) is 19.2. The predicted octanol–water partition coefficient (Wildman–Crippen LogP) is 5.78. The third kappa shape index (κ3) is 6.01. The highest BCUT2D eigenvalue weighted by Gasteiger charge is 2.26. The Labute approximate surface area is 196 Å². The van der Waals surface area contributed by atoms with Crippen molar-refractivity contribution in [2.75, 3.05) is 5.32 Å². The number of carbonyl (C=O) groups is 2. The third-order valence-electron chi connectivity index (χ3n) is 5.19. The van der Waals surface area contributed by atoms with Gasteiger partial charge in [0.2, 0.25) is 5.91 Å². The van der Waals surface area contributed by atoms with E-state index >= 15 is 0 Å². The number of nitrogens with one attached hydrogen (secondary N) is 2. The molecule has 0 saturated heterocycles. The molecule has 2 aromatic carbocycles. The van der Waals surface area contributed by atoms with Crippen molar-refractivity contribution in [1.82, 2.24) is 10.3 Å². The normalized spacial score (nSPS) is 12.5. The first-order chi connectivity index (χ1) is 15.5. The molecule has 2 amide bonds. The Morgan fingerprint density at radius 2 is 1.70 bits per heavy atom. The average Bonchev–Trinajstić information content (AvgIpc) is 3.20. The summed E-state index contributed by atoms with van der Waals surface area (Å²) in [5.41, 5.74) is 1.76. The summed E-state index contributed by atoms with van der Waals surface area (Å²) >= 11 is 1.09. The molecule has 33 heavy (non-hydrogen) atoms. The van der Waals surface area contributed by atoms with Gasteiger partial charge in [-0.25, -0.2) is 13.8 Å². The van der Waals surface area contributed by atoms with Gasteiger partial charge >= 0.3 is 0 Å². The number of thiazole rings is 1. The van der Waals surface area contributed by atoms with Crippen LogP contribution in [0.3, 0.4) is 0 Å². The number of nitrogens with zero attached hydrogens (tertiary/aromatic N) is 1. The summed E-state index contributed by atoms with van der Waals surface area (Å²) in [7, 11) is 0. The molecule has 0 spiro atoms. The van der Waals surface area contributed by atoms with E-state index in [-0.39, 0.29) is 33.6 Å². The Hall–Kier alpha value is -3.13. The van der Waals surface area contributed by atoms with Crippen molar-refractivity contribution in [3.63, 3.8) is 0 Å². The van der Waals surface area contributed by atoms with Gasteiger partial charge in [-0.1, -0.05) is 46.8 Å². The summed E-state index contributed by atoms with van der Waals surface area (Å²) in [6.07, 6.45) is 0. The van der Waals surface area contributed by atoms with Crippen LogP contribution in [0.2, 0.25) is 0 Å². The molecule has 0 saturated carbocycles. The van der Waals surface area contributed by atoms with Gasteiger partial charge in [0.15, 0.2) is 5.13 Å². The van der Waals surface area contributed by atoms with E-state index in [0.29, 0.717) is 5.56 Å². The summed E-state index contributed by atoms with van der Waals surface area (Å²) in [5.74, 6) is -2.17. The summed E-state index contributed by atoms with van der Waals surface area (Å²) < 4.78 is 27.5. The van der Waals surface area contributed by atoms with Crippen LogP contribution in [0.5, 0.6) is 0 Å². The second-order valence-corrected chi connectivity index (χ2v) is 10.0. The number of halogens is 2. The highest BCUT2D eigenvalue weighted by atomic mass is 32.1. The van der Waals surface area contributed by atoms with Crippen molar-refractivity contribution in [2.24, 2.45) is 5.92 Å². The minimum absolute atomic E-state index is 0.0131. The van der Waals surface area contributed by atoms with Gasteiger partial charge in [-0.15, -0.1) is 11.3 Å². The fourth-order valence-electron chi connectivity index (χ4n) is 3.21. The van der Waals surface area contributed by atoms with E-state index in [9.17, 15) is 18.4 Å².